The van der Waals surface area contributed by atoms with Gasteiger partial charge in [-0.05, 0) is 31.2 Å². The van der Waals surface area contributed by atoms with Gasteiger partial charge in [-0.25, -0.2) is 5.01 Å². The second-order valence-electron chi connectivity index (χ2n) is 5.46. The smallest absolute Gasteiger partial charge is 0.269 e. The molecule has 1 unspecified atom stereocenters. The Hall–Kier alpha value is -3.22. The lowest BCUT2D eigenvalue weighted by molar-refractivity contribution is -0.384. The predicted octanol–water partition coefficient (Wildman–Crippen LogP) is 3.05. The average Bonchev–Trinajstić information content (AvgIpc) is 2.88. The number of para-hydroxylation sites is 1. The number of rotatable bonds is 5. The molecular formula is C17H16N4O3. The monoisotopic (exact) mass is 324 g/mol. The second kappa shape index (κ2) is 6.49. The molecule has 1 aliphatic heterocycles. The number of amides is 1. The first kappa shape index (κ1) is 15.7. The van der Waals surface area contributed by atoms with Crippen molar-refractivity contribution in [3.05, 3.63) is 64.7 Å². The maximum atomic E-state index is 12.6. The van der Waals surface area contributed by atoms with Gasteiger partial charge < -0.3 is 5.32 Å². The molecule has 0 bridgehead atoms. The van der Waals surface area contributed by atoms with Gasteiger partial charge in [-0.1, -0.05) is 18.2 Å². The number of nitro groups is 1. The molecule has 1 aliphatic rings. The quantitative estimate of drug-likeness (QED) is 0.676. The third-order valence-corrected chi connectivity index (χ3v) is 3.86. The van der Waals surface area contributed by atoms with Crippen LogP contribution in [0.2, 0.25) is 0 Å². The fourth-order valence-corrected chi connectivity index (χ4v) is 2.51. The predicted molar refractivity (Wildman–Crippen MR) is 92.1 cm³/mol. The van der Waals surface area contributed by atoms with Gasteiger partial charge in [0.1, 0.15) is 0 Å². The second-order valence-corrected chi connectivity index (χ2v) is 5.46. The van der Waals surface area contributed by atoms with Crippen molar-refractivity contribution in [1.82, 2.24) is 0 Å². The Kier molecular flexibility index (Phi) is 4.24. The van der Waals surface area contributed by atoms with E-state index in [0.717, 1.165) is 17.1 Å². The highest BCUT2D eigenvalue weighted by molar-refractivity contribution is 6.15. The van der Waals surface area contributed by atoms with Crippen molar-refractivity contribution < 1.29 is 9.72 Å². The van der Waals surface area contributed by atoms with E-state index in [1.54, 1.807) is 12.1 Å². The average molecular weight is 324 g/mol. The zero-order valence-electron chi connectivity index (χ0n) is 13.0. The summed E-state index contributed by atoms with van der Waals surface area (Å²) in [5, 5.41) is 19.5. The van der Waals surface area contributed by atoms with Crippen LogP contribution in [0.4, 0.5) is 17.1 Å². The van der Waals surface area contributed by atoms with Gasteiger partial charge in [-0.15, -0.1) is 0 Å². The van der Waals surface area contributed by atoms with Gasteiger partial charge in [-0.2, -0.15) is 5.10 Å². The normalized spacial score (nSPS) is 16.9. The van der Waals surface area contributed by atoms with E-state index >= 15 is 0 Å². The summed E-state index contributed by atoms with van der Waals surface area (Å²) < 4.78 is 0. The number of carbonyl (C=O) groups excluding carboxylic acids is 1. The van der Waals surface area contributed by atoms with Crippen LogP contribution in [0.5, 0.6) is 0 Å². The number of benzene rings is 2. The minimum Gasteiger partial charge on any atom is -0.384 e. The van der Waals surface area contributed by atoms with Crippen molar-refractivity contribution in [2.75, 3.05) is 16.9 Å². The highest BCUT2D eigenvalue weighted by Gasteiger charge is 2.34. The minimum absolute atomic E-state index is 0.0329. The zero-order chi connectivity index (χ0) is 17.1. The van der Waals surface area contributed by atoms with Crippen LogP contribution in [-0.4, -0.2) is 23.1 Å². The lowest BCUT2D eigenvalue weighted by Crippen LogP contribution is -2.31. The number of hydrogen-bond acceptors (Lipinski definition) is 5. The summed E-state index contributed by atoms with van der Waals surface area (Å²) in [5.74, 6) is -0.450. The number of carbonyl (C=O) groups is 1. The number of nitro benzene ring substituents is 1. The first-order valence-electron chi connectivity index (χ1n) is 7.48. The summed E-state index contributed by atoms with van der Waals surface area (Å²) in [7, 11) is 0. The molecule has 3 rings (SSSR count). The third-order valence-electron chi connectivity index (χ3n) is 3.86. The van der Waals surface area contributed by atoms with Gasteiger partial charge in [0.05, 0.1) is 22.2 Å². The van der Waals surface area contributed by atoms with Gasteiger partial charge in [-0.3, -0.25) is 14.9 Å². The molecular weight excluding hydrogens is 308 g/mol. The molecule has 0 radical (unpaired) electrons. The maximum Gasteiger partial charge on any atom is 0.269 e. The number of hydrogen-bond donors (Lipinski definition) is 1. The summed E-state index contributed by atoms with van der Waals surface area (Å²) >= 11 is 0. The fraction of sp³-hybridized carbons (Fsp3) is 0.176. The Morgan fingerprint density at radius 3 is 2.46 bits per heavy atom. The molecule has 7 heteroatoms. The Balaban J connectivity index is 1.67. The van der Waals surface area contributed by atoms with Crippen LogP contribution in [0, 0.1) is 16.0 Å². The number of anilines is 2. The Morgan fingerprint density at radius 1 is 1.17 bits per heavy atom. The van der Waals surface area contributed by atoms with Crippen LogP contribution in [0.3, 0.4) is 0 Å². The SMILES string of the molecule is CC1=NN(c2ccccc2)C(=O)C1CNc1ccc([N+](=O)[O-])cc1. The minimum atomic E-state index is -0.446. The van der Waals surface area contributed by atoms with E-state index in [9.17, 15) is 14.9 Å². The maximum absolute atomic E-state index is 12.6. The lowest BCUT2D eigenvalue weighted by atomic mass is 10.0. The molecule has 0 fully saturated rings. The van der Waals surface area contributed by atoms with E-state index in [0.29, 0.717) is 6.54 Å². The first-order valence-corrected chi connectivity index (χ1v) is 7.48. The van der Waals surface area contributed by atoms with Gasteiger partial charge in [0, 0.05) is 24.4 Å². The van der Waals surface area contributed by atoms with Gasteiger partial charge in [0.25, 0.3) is 11.6 Å². The van der Waals surface area contributed by atoms with Crippen LogP contribution in [-0.2, 0) is 4.79 Å². The van der Waals surface area contributed by atoms with Crippen LogP contribution in [0.15, 0.2) is 59.7 Å². The lowest BCUT2D eigenvalue weighted by Gasteiger charge is -2.15. The molecule has 0 aromatic heterocycles. The summed E-state index contributed by atoms with van der Waals surface area (Å²) in [5.41, 5.74) is 2.22. The van der Waals surface area contributed by atoms with E-state index in [1.165, 1.54) is 17.1 Å². The summed E-state index contributed by atoms with van der Waals surface area (Å²) in [6, 6.07) is 15.4. The van der Waals surface area contributed by atoms with Gasteiger partial charge in [0.15, 0.2) is 0 Å². The van der Waals surface area contributed by atoms with Crippen LogP contribution >= 0.6 is 0 Å². The molecule has 1 N–H and O–H groups in total. The van der Waals surface area contributed by atoms with E-state index in [2.05, 4.69) is 10.4 Å². The van der Waals surface area contributed by atoms with Crippen LogP contribution in [0.1, 0.15) is 6.92 Å². The standard InChI is InChI=1S/C17H16N4O3/c1-12-16(11-18-13-7-9-15(10-8-13)21(23)24)17(22)20(19-12)14-5-3-2-4-6-14/h2-10,16,18H,11H2,1H3. The molecule has 2 aromatic rings. The van der Waals surface area contributed by atoms with E-state index in [1.807, 2.05) is 37.3 Å². The van der Waals surface area contributed by atoms with Crippen molar-refractivity contribution in [2.45, 2.75) is 6.92 Å². The van der Waals surface area contributed by atoms with Crippen molar-refractivity contribution >= 4 is 28.7 Å². The number of nitrogens with zero attached hydrogens (tertiary/aromatic N) is 3. The highest BCUT2D eigenvalue weighted by atomic mass is 16.6. The number of hydrazone groups is 1. The van der Waals surface area contributed by atoms with Crippen molar-refractivity contribution in [3.8, 4) is 0 Å². The van der Waals surface area contributed by atoms with E-state index < -0.39 is 4.92 Å². The Bertz CT molecular complexity index is 787. The van der Waals surface area contributed by atoms with Crippen LogP contribution < -0.4 is 10.3 Å². The molecule has 0 saturated carbocycles. The Morgan fingerprint density at radius 2 is 1.83 bits per heavy atom. The molecule has 1 heterocycles. The van der Waals surface area contributed by atoms with Crippen molar-refractivity contribution in [2.24, 2.45) is 11.0 Å². The highest BCUT2D eigenvalue weighted by Crippen LogP contribution is 2.24. The molecule has 0 spiro atoms. The molecule has 1 amide bonds. The molecule has 1 atom stereocenters. The van der Waals surface area contributed by atoms with Gasteiger partial charge in [0.2, 0.25) is 0 Å². The van der Waals surface area contributed by atoms with E-state index in [4.69, 9.17) is 0 Å². The summed E-state index contributed by atoms with van der Waals surface area (Å²) in [6.07, 6.45) is 0. The van der Waals surface area contributed by atoms with E-state index in [-0.39, 0.29) is 17.5 Å². The fourth-order valence-electron chi connectivity index (χ4n) is 2.51. The zero-order valence-corrected chi connectivity index (χ0v) is 13.0. The topological polar surface area (TPSA) is 87.8 Å². The molecule has 2 aromatic carbocycles. The molecule has 122 valence electrons. The third kappa shape index (κ3) is 3.10. The molecule has 24 heavy (non-hydrogen) atoms. The molecule has 0 saturated heterocycles. The summed E-state index contributed by atoms with van der Waals surface area (Å²) in [4.78, 5) is 22.8. The Labute approximate surface area is 138 Å². The van der Waals surface area contributed by atoms with Gasteiger partial charge >= 0.3 is 0 Å². The largest absolute Gasteiger partial charge is 0.384 e. The number of non-ortho nitro benzene ring substituents is 1. The van der Waals surface area contributed by atoms with Crippen molar-refractivity contribution in [3.63, 3.8) is 0 Å². The first-order chi connectivity index (χ1) is 11.6. The number of nitrogens with one attached hydrogen (secondary N) is 1. The summed E-state index contributed by atoms with van der Waals surface area (Å²) in [6.45, 7) is 2.21. The van der Waals surface area contributed by atoms with Crippen LogP contribution in [0.25, 0.3) is 0 Å². The molecule has 0 aliphatic carbocycles. The van der Waals surface area contributed by atoms with Crippen molar-refractivity contribution in [1.29, 1.82) is 0 Å². The molecule has 7 nitrogen and oxygen atoms in total.